The third-order valence-electron chi connectivity index (χ3n) is 3.11. The first-order valence-corrected chi connectivity index (χ1v) is 5.27. The maximum absolute atomic E-state index is 11.6. The van der Waals surface area contributed by atoms with Crippen molar-refractivity contribution in [3.63, 3.8) is 0 Å². The standard InChI is InChI=1S/C11H16N2O/c1-2-9-6-11(14)13(8-9)10-4-3-5-12-7-10/h1,9-10,12H,3-8H2/t9?,10-/m1/s1. The maximum atomic E-state index is 11.6. The molecule has 0 aromatic heterocycles. The van der Waals surface area contributed by atoms with Gasteiger partial charge in [-0.1, -0.05) is 0 Å². The number of nitrogens with one attached hydrogen (secondary N) is 1. The molecule has 1 amide bonds. The number of carbonyl (C=O) groups excluding carboxylic acids is 1. The number of nitrogens with zero attached hydrogens (tertiary/aromatic N) is 1. The zero-order valence-electron chi connectivity index (χ0n) is 8.33. The average molecular weight is 192 g/mol. The fourth-order valence-corrected chi connectivity index (χ4v) is 2.30. The molecule has 2 saturated heterocycles. The molecule has 2 fully saturated rings. The molecule has 2 aliphatic heterocycles. The number of piperidine rings is 1. The Labute approximate surface area is 84.8 Å². The van der Waals surface area contributed by atoms with Crippen LogP contribution in [0.4, 0.5) is 0 Å². The summed E-state index contributed by atoms with van der Waals surface area (Å²) in [5, 5.41) is 3.32. The van der Waals surface area contributed by atoms with Crippen LogP contribution in [0.5, 0.6) is 0 Å². The highest BCUT2D eigenvalue weighted by atomic mass is 16.2. The Morgan fingerprint density at radius 3 is 3.00 bits per heavy atom. The van der Waals surface area contributed by atoms with E-state index in [1.165, 1.54) is 0 Å². The number of likely N-dealkylation sites (tertiary alicyclic amines) is 1. The molecule has 2 heterocycles. The van der Waals surface area contributed by atoms with Gasteiger partial charge in [0.2, 0.25) is 5.91 Å². The van der Waals surface area contributed by atoms with E-state index in [-0.39, 0.29) is 11.8 Å². The fourth-order valence-electron chi connectivity index (χ4n) is 2.30. The highest BCUT2D eigenvalue weighted by Crippen LogP contribution is 2.22. The third kappa shape index (κ3) is 1.76. The lowest BCUT2D eigenvalue weighted by molar-refractivity contribution is -0.129. The van der Waals surface area contributed by atoms with Gasteiger partial charge in [0.25, 0.3) is 0 Å². The number of hydrogen-bond donors (Lipinski definition) is 1. The van der Waals surface area contributed by atoms with Crippen LogP contribution in [0.1, 0.15) is 19.3 Å². The molecular formula is C11H16N2O. The minimum atomic E-state index is 0.143. The van der Waals surface area contributed by atoms with Gasteiger partial charge in [-0.15, -0.1) is 12.3 Å². The summed E-state index contributed by atoms with van der Waals surface area (Å²) in [6.45, 7) is 2.78. The minimum absolute atomic E-state index is 0.143. The quantitative estimate of drug-likeness (QED) is 0.603. The topological polar surface area (TPSA) is 32.3 Å². The average Bonchev–Trinajstić information content (AvgIpc) is 2.61. The lowest BCUT2D eigenvalue weighted by atomic mass is 10.1. The van der Waals surface area contributed by atoms with E-state index < -0.39 is 0 Å². The predicted octanol–water partition coefficient (Wildman–Crippen LogP) is 0.220. The first-order valence-electron chi connectivity index (χ1n) is 5.27. The largest absolute Gasteiger partial charge is 0.337 e. The summed E-state index contributed by atoms with van der Waals surface area (Å²) in [5.41, 5.74) is 0. The predicted molar refractivity (Wildman–Crippen MR) is 54.5 cm³/mol. The van der Waals surface area contributed by atoms with Crippen LogP contribution in [0.15, 0.2) is 0 Å². The van der Waals surface area contributed by atoms with Crippen molar-refractivity contribution < 1.29 is 4.79 Å². The molecule has 0 spiro atoms. The Kier molecular flexibility index (Phi) is 2.74. The monoisotopic (exact) mass is 192 g/mol. The van der Waals surface area contributed by atoms with Crippen molar-refractivity contribution >= 4 is 5.91 Å². The molecule has 0 aliphatic carbocycles. The van der Waals surface area contributed by atoms with Crippen molar-refractivity contribution in [2.75, 3.05) is 19.6 Å². The van der Waals surface area contributed by atoms with Crippen molar-refractivity contribution in [2.45, 2.75) is 25.3 Å². The fraction of sp³-hybridized carbons (Fsp3) is 0.727. The van der Waals surface area contributed by atoms with Gasteiger partial charge in [-0.05, 0) is 19.4 Å². The molecule has 0 bridgehead atoms. The second-order valence-electron chi connectivity index (χ2n) is 4.11. The van der Waals surface area contributed by atoms with E-state index >= 15 is 0 Å². The highest BCUT2D eigenvalue weighted by Gasteiger charge is 2.33. The first kappa shape index (κ1) is 9.54. The molecule has 2 atom stereocenters. The highest BCUT2D eigenvalue weighted by molar-refractivity contribution is 5.79. The molecule has 0 radical (unpaired) electrons. The van der Waals surface area contributed by atoms with Crippen LogP contribution >= 0.6 is 0 Å². The van der Waals surface area contributed by atoms with Gasteiger partial charge in [-0.25, -0.2) is 0 Å². The molecule has 1 unspecified atom stereocenters. The van der Waals surface area contributed by atoms with E-state index in [1.54, 1.807) is 0 Å². The second-order valence-corrected chi connectivity index (χ2v) is 4.11. The molecule has 14 heavy (non-hydrogen) atoms. The molecule has 3 heteroatoms. The van der Waals surface area contributed by atoms with Gasteiger partial charge in [0, 0.05) is 31.5 Å². The maximum Gasteiger partial charge on any atom is 0.224 e. The third-order valence-corrected chi connectivity index (χ3v) is 3.11. The van der Waals surface area contributed by atoms with Gasteiger partial charge in [-0.2, -0.15) is 0 Å². The minimum Gasteiger partial charge on any atom is -0.337 e. The molecule has 0 aromatic carbocycles. The zero-order valence-corrected chi connectivity index (χ0v) is 8.33. The summed E-state index contributed by atoms with van der Waals surface area (Å²) in [6, 6.07) is 0.384. The van der Waals surface area contributed by atoms with Gasteiger partial charge < -0.3 is 10.2 Å². The SMILES string of the molecule is C#CC1CC(=O)N([C@@H]2CCCNC2)C1. The van der Waals surface area contributed by atoms with Crippen molar-refractivity contribution in [2.24, 2.45) is 5.92 Å². The van der Waals surface area contributed by atoms with Crippen LogP contribution in [-0.4, -0.2) is 36.5 Å². The summed E-state index contributed by atoms with van der Waals surface area (Å²) in [4.78, 5) is 13.6. The van der Waals surface area contributed by atoms with E-state index in [4.69, 9.17) is 6.42 Å². The molecule has 0 aromatic rings. The Hall–Kier alpha value is -1.01. The van der Waals surface area contributed by atoms with Gasteiger partial charge in [0.15, 0.2) is 0 Å². The molecule has 76 valence electrons. The molecule has 1 N–H and O–H groups in total. The molecule has 0 saturated carbocycles. The Morgan fingerprint density at radius 2 is 2.43 bits per heavy atom. The van der Waals surface area contributed by atoms with Crippen LogP contribution in [-0.2, 0) is 4.79 Å². The second kappa shape index (κ2) is 4.02. The van der Waals surface area contributed by atoms with Crippen molar-refractivity contribution in [3.8, 4) is 12.3 Å². The molecule has 2 rings (SSSR count). The van der Waals surface area contributed by atoms with Crippen molar-refractivity contribution in [1.29, 1.82) is 0 Å². The molecular weight excluding hydrogens is 176 g/mol. The number of amides is 1. The van der Waals surface area contributed by atoms with E-state index in [1.807, 2.05) is 4.90 Å². The number of rotatable bonds is 1. The smallest absolute Gasteiger partial charge is 0.224 e. The summed E-state index contributed by atoms with van der Waals surface area (Å²) >= 11 is 0. The summed E-state index contributed by atoms with van der Waals surface area (Å²) in [6.07, 6.45) is 8.17. The van der Waals surface area contributed by atoms with E-state index in [0.717, 1.165) is 32.5 Å². The van der Waals surface area contributed by atoms with Crippen LogP contribution in [0.25, 0.3) is 0 Å². The summed E-state index contributed by atoms with van der Waals surface area (Å²) < 4.78 is 0. The van der Waals surface area contributed by atoms with Crippen LogP contribution in [0, 0.1) is 18.3 Å². The normalized spacial score (nSPS) is 33.1. The number of carbonyl (C=O) groups is 1. The van der Waals surface area contributed by atoms with Gasteiger partial charge >= 0.3 is 0 Å². The number of terminal acetylenes is 1. The molecule has 3 nitrogen and oxygen atoms in total. The van der Waals surface area contributed by atoms with Gasteiger partial charge in [0.1, 0.15) is 0 Å². The first-order chi connectivity index (χ1) is 6.81. The van der Waals surface area contributed by atoms with E-state index in [0.29, 0.717) is 12.5 Å². The summed E-state index contributed by atoms with van der Waals surface area (Å²) in [7, 11) is 0. The van der Waals surface area contributed by atoms with Crippen molar-refractivity contribution in [1.82, 2.24) is 10.2 Å². The van der Waals surface area contributed by atoms with Crippen LogP contribution < -0.4 is 5.32 Å². The summed E-state index contributed by atoms with van der Waals surface area (Å²) in [5.74, 6) is 3.06. The van der Waals surface area contributed by atoms with Crippen molar-refractivity contribution in [3.05, 3.63) is 0 Å². The molecule has 2 aliphatic rings. The van der Waals surface area contributed by atoms with Gasteiger partial charge in [-0.3, -0.25) is 4.79 Å². The Bertz CT molecular complexity index is 263. The number of hydrogen-bond acceptors (Lipinski definition) is 2. The van der Waals surface area contributed by atoms with E-state index in [9.17, 15) is 4.79 Å². The zero-order chi connectivity index (χ0) is 9.97. The van der Waals surface area contributed by atoms with Gasteiger partial charge in [0.05, 0.1) is 0 Å². The van der Waals surface area contributed by atoms with Crippen LogP contribution in [0.2, 0.25) is 0 Å². The van der Waals surface area contributed by atoms with E-state index in [2.05, 4.69) is 11.2 Å². The Morgan fingerprint density at radius 1 is 1.57 bits per heavy atom. The van der Waals surface area contributed by atoms with Crippen LogP contribution in [0.3, 0.4) is 0 Å². The lowest BCUT2D eigenvalue weighted by Crippen LogP contribution is -2.46. The Balaban J connectivity index is 1.97. The lowest BCUT2D eigenvalue weighted by Gasteiger charge is -2.31.